The van der Waals surface area contributed by atoms with Crippen LogP contribution in [0.25, 0.3) is 0 Å². The molecule has 1 aromatic heterocycles. The number of hydrogen-bond acceptors (Lipinski definition) is 11. The average Bonchev–Trinajstić information content (AvgIpc) is 3.80. The number of carbonyl (C=O) groups is 5. The maximum atomic E-state index is 14.7. The lowest BCUT2D eigenvalue weighted by Gasteiger charge is -2.37. The predicted molar refractivity (Wildman–Crippen MR) is 188 cm³/mol. The molecule has 4 amide bonds. The summed E-state index contributed by atoms with van der Waals surface area (Å²) >= 11 is 1.56. The van der Waals surface area contributed by atoms with Crippen molar-refractivity contribution in [2.24, 2.45) is 11.7 Å². The van der Waals surface area contributed by atoms with Crippen molar-refractivity contribution in [3.63, 3.8) is 0 Å². The van der Waals surface area contributed by atoms with Crippen molar-refractivity contribution in [2.45, 2.75) is 112 Å². The van der Waals surface area contributed by atoms with E-state index in [1.54, 1.807) is 11.8 Å². The molecule has 1 unspecified atom stereocenters. The van der Waals surface area contributed by atoms with E-state index in [9.17, 15) is 46.3 Å². The number of rotatable bonds is 13. The smallest absolute Gasteiger partial charge is 0.341 e. The number of alkyl halides is 2. The van der Waals surface area contributed by atoms with Crippen LogP contribution < -0.4 is 16.4 Å². The highest BCUT2D eigenvalue weighted by Crippen LogP contribution is 2.35. The van der Waals surface area contributed by atoms with Crippen LogP contribution in [0.15, 0.2) is 35.4 Å². The number of primary amides is 1. The van der Waals surface area contributed by atoms with Gasteiger partial charge in [0.15, 0.2) is 0 Å². The van der Waals surface area contributed by atoms with Crippen molar-refractivity contribution in [1.82, 2.24) is 30.5 Å². The van der Waals surface area contributed by atoms with Crippen molar-refractivity contribution in [2.75, 3.05) is 18.1 Å². The van der Waals surface area contributed by atoms with Crippen molar-refractivity contribution in [3.05, 3.63) is 41.7 Å². The maximum absolute atomic E-state index is 14.7. The molecular weight excluding hydrogens is 737 g/mol. The largest absolute Gasteiger partial charge is 0.384 e. The minimum atomic E-state index is -4.90. The molecule has 5 rings (SSSR count). The second-order valence-corrected chi connectivity index (χ2v) is 17.6. The third kappa shape index (κ3) is 8.88. The highest BCUT2D eigenvalue weighted by molar-refractivity contribution is 7.99. The van der Waals surface area contributed by atoms with E-state index >= 15 is 0 Å². The van der Waals surface area contributed by atoms with Gasteiger partial charge in [-0.25, -0.2) is 13.1 Å². The van der Waals surface area contributed by atoms with E-state index in [1.165, 1.54) is 29.6 Å². The van der Waals surface area contributed by atoms with Gasteiger partial charge in [-0.1, -0.05) is 37.3 Å². The Hall–Kier alpha value is -3.97. The summed E-state index contributed by atoms with van der Waals surface area (Å²) in [6.45, 7) is 2.98. The molecule has 2 saturated heterocycles. The summed E-state index contributed by atoms with van der Waals surface area (Å²) in [5.41, 5.74) is 2.70. The number of aromatic nitrogens is 3. The number of halogens is 2. The second-order valence-electron chi connectivity index (χ2n) is 14.5. The Balaban J connectivity index is 1.48. The number of nitrogens with two attached hydrogens (primary N) is 1. The third-order valence-corrected chi connectivity index (χ3v) is 12.7. The lowest BCUT2D eigenvalue weighted by molar-refractivity contribution is -0.145. The van der Waals surface area contributed by atoms with Crippen LogP contribution in [0.1, 0.15) is 93.7 Å². The fraction of sp³-hybridized carbons (Fsp3) is 0.618. The van der Waals surface area contributed by atoms with Crippen LogP contribution >= 0.6 is 11.8 Å². The molecule has 2 aliphatic heterocycles. The maximum Gasteiger partial charge on any atom is 0.341 e. The van der Waals surface area contributed by atoms with E-state index in [2.05, 4.69) is 20.9 Å². The molecule has 5 N–H and O–H groups in total. The summed E-state index contributed by atoms with van der Waals surface area (Å²) in [6, 6.07) is 0.906. The first-order valence-electron chi connectivity index (χ1n) is 17.5. The van der Waals surface area contributed by atoms with Crippen LogP contribution in [0.4, 0.5) is 8.78 Å². The van der Waals surface area contributed by atoms with Gasteiger partial charge in [-0.15, -0.1) is 5.10 Å². The summed E-state index contributed by atoms with van der Waals surface area (Å²) < 4.78 is 51.5. The van der Waals surface area contributed by atoms with E-state index in [4.69, 9.17) is 5.73 Å². The highest BCUT2D eigenvalue weighted by Gasteiger charge is 2.49. The van der Waals surface area contributed by atoms with Gasteiger partial charge in [0.05, 0.1) is 22.8 Å². The number of amides is 4. The summed E-state index contributed by atoms with van der Waals surface area (Å²) in [7, 11) is -4.90. The molecule has 2 aromatic rings. The second kappa shape index (κ2) is 16.2. The lowest BCUT2D eigenvalue weighted by Crippen LogP contribution is -2.63. The van der Waals surface area contributed by atoms with E-state index < -0.39 is 79.2 Å². The van der Waals surface area contributed by atoms with Crippen LogP contribution in [-0.2, 0) is 34.6 Å². The SMILES string of the molecule is CC(C)(O)c1cnnn1[C@H]1C[C@@H](C(=O)NC2(C(=O)C(N)=O)CCSCC2)N(C(=O)C(CC2CCCCC2)NC(=O)c2ccc(S(=O)(=O)C(F)F)cc2)C1. The fourth-order valence-electron chi connectivity index (χ4n) is 7.44. The van der Waals surface area contributed by atoms with E-state index in [0.29, 0.717) is 17.2 Å². The summed E-state index contributed by atoms with van der Waals surface area (Å²) in [4.78, 5) is 68.5. The number of nitrogens with one attached hydrogen (secondary N) is 2. The molecule has 15 nitrogen and oxygen atoms in total. The molecule has 0 spiro atoms. The Bertz CT molecular complexity index is 1800. The van der Waals surface area contributed by atoms with E-state index in [-0.39, 0.29) is 43.7 Å². The Morgan fingerprint density at radius 1 is 1.08 bits per heavy atom. The lowest BCUT2D eigenvalue weighted by atomic mass is 9.84. The predicted octanol–water partition coefficient (Wildman–Crippen LogP) is 1.85. The fourth-order valence-corrected chi connectivity index (χ4v) is 9.35. The van der Waals surface area contributed by atoms with Crippen molar-refractivity contribution >= 4 is 51.0 Å². The third-order valence-electron chi connectivity index (χ3n) is 10.4. The first-order chi connectivity index (χ1) is 24.9. The number of ketones is 1. The van der Waals surface area contributed by atoms with Gasteiger partial charge in [0.2, 0.25) is 27.4 Å². The topological polar surface area (TPSA) is 224 Å². The van der Waals surface area contributed by atoms with Gasteiger partial charge >= 0.3 is 5.76 Å². The molecule has 3 atom stereocenters. The zero-order chi connectivity index (χ0) is 38.7. The van der Waals surface area contributed by atoms with Crippen LogP contribution in [0.2, 0.25) is 0 Å². The van der Waals surface area contributed by atoms with Gasteiger partial charge < -0.3 is 26.4 Å². The first-order valence-corrected chi connectivity index (χ1v) is 20.2. The standard InChI is InChI=1S/C34H45F2N7O8S2/c1-33(2,49)26-18-38-41-43(26)22-17-25(30(47)40-34(27(44)28(37)45)12-14-52-15-13-34)42(19-22)31(48)24(16-20-6-4-3-5-7-20)39-29(46)21-8-10-23(11-9-21)53(50,51)32(35)36/h8-11,18,20,22,24-25,32,49H,3-7,12-17,19H2,1-2H3,(H2,37,45)(H,39,46)(H,40,47)/t22-,24?,25-/m0/s1. The average molecular weight is 782 g/mol. The van der Waals surface area contributed by atoms with Crippen molar-refractivity contribution in [3.8, 4) is 0 Å². The Morgan fingerprint density at radius 3 is 2.30 bits per heavy atom. The van der Waals surface area contributed by atoms with Gasteiger partial charge in [0.1, 0.15) is 23.2 Å². The molecule has 3 fully saturated rings. The Kier molecular flexibility index (Phi) is 12.3. The quantitative estimate of drug-likeness (QED) is 0.215. The number of thioether (sulfide) groups is 1. The molecule has 3 aliphatic rings. The first kappa shape index (κ1) is 40.2. The molecule has 290 valence electrons. The number of carbonyl (C=O) groups excluding carboxylic acids is 5. The molecule has 3 heterocycles. The molecule has 0 radical (unpaired) electrons. The Morgan fingerprint density at radius 2 is 1.72 bits per heavy atom. The van der Waals surface area contributed by atoms with E-state index in [0.717, 1.165) is 56.4 Å². The van der Waals surface area contributed by atoms with Gasteiger partial charge in [-0.3, -0.25) is 24.0 Å². The molecular formula is C34H45F2N7O8S2. The molecule has 53 heavy (non-hydrogen) atoms. The number of nitrogens with zero attached hydrogens (tertiary/aromatic N) is 4. The number of Topliss-reactive ketones (excluding diaryl/α,β-unsaturated/α-hetero) is 1. The van der Waals surface area contributed by atoms with Gasteiger partial charge in [-0.05, 0) is 74.8 Å². The number of aliphatic hydroxyl groups is 1. The molecule has 1 aromatic carbocycles. The molecule has 1 saturated carbocycles. The summed E-state index contributed by atoms with van der Waals surface area (Å²) in [5.74, 6) is -6.84. The zero-order valence-corrected chi connectivity index (χ0v) is 31.1. The Labute approximate surface area is 310 Å². The minimum absolute atomic E-state index is 0.0101. The minimum Gasteiger partial charge on any atom is -0.384 e. The van der Waals surface area contributed by atoms with E-state index in [1.807, 2.05) is 0 Å². The monoisotopic (exact) mass is 781 g/mol. The van der Waals surface area contributed by atoms with Crippen LogP contribution in [0, 0.1) is 5.92 Å². The van der Waals surface area contributed by atoms with Crippen LogP contribution in [0.3, 0.4) is 0 Å². The zero-order valence-electron chi connectivity index (χ0n) is 29.5. The molecule has 1 aliphatic carbocycles. The molecule has 0 bridgehead atoms. The summed E-state index contributed by atoms with van der Waals surface area (Å²) in [6.07, 6.45) is 6.37. The highest BCUT2D eigenvalue weighted by atomic mass is 32.2. The normalized spacial score (nSPS) is 21.6. The van der Waals surface area contributed by atoms with Gasteiger partial charge in [0.25, 0.3) is 11.8 Å². The van der Waals surface area contributed by atoms with Crippen molar-refractivity contribution < 1.29 is 46.3 Å². The van der Waals surface area contributed by atoms with Gasteiger partial charge in [0, 0.05) is 18.5 Å². The van der Waals surface area contributed by atoms with Crippen molar-refractivity contribution in [1.29, 1.82) is 0 Å². The van der Waals surface area contributed by atoms with Crippen LogP contribution in [0.5, 0.6) is 0 Å². The number of likely N-dealkylation sites (tertiary alicyclic amines) is 1. The summed E-state index contributed by atoms with van der Waals surface area (Å²) in [5, 5.41) is 24.5. The number of sulfone groups is 1. The van der Waals surface area contributed by atoms with Gasteiger partial charge in [-0.2, -0.15) is 20.5 Å². The number of hydrogen-bond donors (Lipinski definition) is 4. The van der Waals surface area contributed by atoms with Crippen LogP contribution in [-0.4, -0.2) is 104 Å². The molecule has 19 heteroatoms. The number of benzene rings is 1.